The van der Waals surface area contributed by atoms with E-state index in [0.717, 1.165) is 72.1 Å². The van der Waals surface area contributed by atoms with Gasteiger partial charge in [0.15, 0.2) is 5.58 Å². The van der Waals surface area contributed by atoms with Crippen LogP contribution >= 0.6 is 0 Å². The van der Waals surface area contributed by atoms with Gasteiger partial charge in [-0.1, -0.05) is 182 Å². The van der Waals surface area contributed by atoms with Gasteiger partial charge in [0.2, 0.25) is 5.89 Å². The van der Waals surface area contributed by atoms with Crippen LogP contribution in [0.1, 0.15) is 0 Å². The normalized spacial score (nSPS) is 11.4. The average molecular weight is 817 g/mol. The Balaban J connectivity index is 1.07. The molecule has 0 radical (unpaired) electrons. The van der Waals surface area contributed by atoms with Crippen molar-refractivity contribution in [3.05, 3.63) is 243 Å². The predicted octanol–water partition coefficient (Wildman–Crippen LogP) is 17.1. The van der Waals surface area contributed by atoms with Crippen LogP contribution in [0.4, 0.5) is 17.1 Å². The van der Waals surface area contributed by atoms with E-state index < -0.39 is 0 Å². The van der Waals surface area contributed by atoms with Gasteiger partial charge in [-0.2, -0.15) is 0 Å². The van der Waals surface area contributed by atoms with Crippen molar-refractivity contribution < 1.29 is 4.42 Å². The second-order valence-electron chi connectivity index (χ2n) is 16.3. The molecule has 1 aromatic heterocycles. The summed E-state index contributed by atoms with van der Waals surface area (Å²) in [7, 11) is 0. The minimum absolute atomic E-state index is 0.628. The molecule has 0 spiro atoms. The van der Waals surface area contributed by atoms with E-state index in [1.807, 2.05) is 36.4 Å². The Hall–Kier alpha value is -8.53. The lowest BCUT2D eigenvalue weighted by atomic mass is 9.90. The number of hydrogen-bond donors (Lipinski definition) is 0. The topological polar surface area (TPSA) is 29.3 Å². The van der Waals surface area contributed by atoms with Crippen molar-refractivity contribution in [2.75, 3.05) is 4.90 Å². The maximum Gasteiger partial charge on any atom is 0.227 e. The Morgan fingerprint density at radius 1 is 0.297 bits per heavy atom. The maximum absolute atomic E-state index is 6.27. The third-order valence-electron chi connectivity index (χ3n) is 12.4. The zero-order chi connectivity index (χ0) is 42.4. The van der Waals surface area contributed by atoms with Gasteiger partial charge in [0.25, 0.3) is 0 Å². The van der Waals surface area contributed by atoms with E-state index in [0.29, 0.717) is 5.89 Å². The van der Waals surface area contributed by atoms with Gasteiger partial charge < -0.3 is 9.32 Å². The average Bonchev–Trinajstić information content (AvgIpc) is 3.82. The summed E-state index contributed by atoms with van der Waals surface area (Å²) >= 11 is 0. The quantitative estimate of drug-likeness (QED) is 0.153. The summed E-state index contributed by atoms with van der Waals surface area (Å²) in [4.78, 5) is 7.42. The van der Waals surface area contributed by atoms with E-state index in [9.17, 15) is 0 Å². The lowest BCUT2D eigenvalue weighted by molar-refractivity contribution is 0.620. The molecule has 0 amide bonds. The molecule has 0 bridgehead atoms. The summed E-state index contributed by atoms with van der Waals surface area (Å²) < 4.78 is 6.27. The van der Waals surface area contributed by atoms with Gasteiger partial charge in [0.1, 0.15) is 5.52 Å². The number of aromatic nitrogens is 1. The van der Waals surface area contributed by atoms with E-state index in [2.05, 4.69) is 211 Å². The molecule has 12 rings (SSSR count). The Labute approximate surface area is 371 Å². The molecule has 0 aliphatic carbocycles. The fourth-order valence-corrected chi connectivity index (χ4v) is 9.38. The van der Waals surface area contributed by atoms with E-state index in [1.54, 1.807) is 0 Å². The number of hydrogen-bond acceptors (Lipinski definition) is 3. The highest BCUT2D eigenvalue weighted by Crippen LogP contribution is 2.45. The Morgan fingerprint density at radius 2 is 0.906 bits per heavy atom. The summed E-state index contributed by atoms with van der Waals surface area (Å²) in [5.74, 6) is 0.628. The zero-order valence-electron chi connectivity index (χ0n) is 34.9. The van der Waals surface area contributed by atoms with Crippen LogP contribution < -0.4 is 4.90 Å². The first kappa shape index (κ1) is 37.2. The lowest BCUT2D eigenvalue weighted by Gasteiger charge is -2.28. The standard InChI is InChI=1S/C61H40N2O/c1-4-16-41(17-5-1)45-25-14-26-49(37-45)63(50-32-34-56(57(39-50)43-18-6-2-7-19-43)55-29-15-24-42-20-10-12-27-52(42)55)51-38-46-23-11-13-28-53(46)58(40-51)48-30-33-54-47(36-48)31-35-59-60(54)62-61(64-59)44-21-8-3-9-22-44/h1-40H. The first-order valence-electron chi connectivity index (χ1n) is 21.8. The fraction of sp³-hybridized carbons (Fsp3) is 0. The van der Waals surface area contributed by atoms with Crippen molar-refractivity contribution >= 4 is 60.5 Å². The van der Waals surface area contributed by atoms with Crippen LogP contribution in [0.3, 0.4) is 0 Å². The van der Waals surface area contributed by atoms with Crippen LogP contribution in [0, 0.1) is 0 Å². The summed E-state index contributed by atoms with van der Waals surface area (Å²) in [5.41, 5.74) is 15.2. The summed E-state index contributed by atoms with van der Waals surface area (Å²) in [6.07, 6.45) is 0. The van der Waals surface area contributed by atoms with Gasteiger partial charge in [-0.25, -0.2) is 4.98 Å². The summed E-state index contributed by atoms with van der Waals surface area (Å²) in [5, 5.41) is 6.98. The van der Waals surface area contributed by atoms with E-state index in [-0.39, 0.29) is 0 Å². The molecule has 0 saturated heterocycles. The van der Waals surface area contributed by atoms with Crippen LogP contribution in [0.25, 0.3) is 99.4 Å². The molecule has 64 heavy (non-hydrogen) atoms. The lowest BCUT2D eigenvalue weighted by Crippen LogP contribution is -2.11. The van der Waals surface area contributed by atoms with Crippen molar-refractivity contribution in [3.8, 4) is 56.0 Å². The smallest absolute Gasteiger partial charge is 0.227 e. The highest BCUT2D eigenvalue weighted by atomic mass is 16.3. The molecule has 3 heteroatoms. The second kappa shape index (κ2) is 15.7. The monoisotopic (exact) mass is 816 g/mol. The third kappa shape index (κ3) is 6.68. The van der Waals surface area contributed by atoms with Crippen LogP contribution in [-0.4, -0.2) is 4.98 Å². The Kier molecular flexibility index (Phi) is 9.16. The van der Waals surface area contributed by atoms with Crippen LogP contribution in [-0.2, 0) is 0 Å². The minimum atomic E-state index is 0.628. The molecule has 300 valence electrons. The highest BCUT2D eigenvalue weighted by molar-refractivity contribution is 6.08. The number of rotatable bonds is 8. The molecule has 0 unspecified atom stereocenters. The molecular formula is C61H40N2O. The predicted molar refractivity (Wildman–Crippen MR) is 268 cm³/mol. The number of benzene rings is 11. The number of fused-ring (bicyclic) bond motifs is 5. The van der Waals surface area contributed by atoms with E-state index >= 15 is 0 Å². The number of oxazole rings is 1. The summed E-state index contributed by atoms with van der Waals surface area (Å²) in [6, 6.07) is 87.0. The molecule has 1 heterocycles. The van der Waals surface area contributed by atoms with E-state index in [1.165, 1.54) is 38.4 Å². The number of anilines is 3. The van der Waals surface area contributed by atoms with Gasteiger partial charge in [-0.05, 0) is 132 Å². The molecule has 0 aliphatic rings. The van der Waals surface area contributed by atoms with E-state index in [4.69, 9.17) is 9.40 Å². The Morgan fingerprint density at radius 3 is 1.70 bits per heavy atom. The molecule has 0 aliphatic heterocycles. The molecule has 0 N–H and O–H groups in total. The van der Waals surface area contributed by atoms with Crippen molar-refractivity contribution in [2.24, 2.45) is 0 Å². The molecule has 0 saturated carbocycles. The van der Waals surface area contributed by atoms with Gasteiger partial charge in [-0.3, -0.25) is 0 Å². The SMILES string of the molecule is c1ccc(-c2cccc(N(c3ccc(-c4cccc5ccccc45)c(-c4ccccc4)c3)c3cc(-c4ccc5c(ccc6oc(-c7ccccc7)nc65)c4)c4ccccc4c3)c2)cc1. The molecule has 0 fully saturated rings. The van der Waals surface area contributed by atoms with Gasteiger partial charge in [0, 0.05) is 28.0 Å². The van der Waals surface area contributed by atoms with Gasteiger partial charge in [0.05, 0.1) is 0 Å². The first-order chi connectivity index (χ1) is 31.7. The molecule has 12 aromatic rings. The minimum Gasteiger partial charge on any atom is -0.436 e. The first-order valence-corrected chi connectivity index (χ1v) is 21.8. The van der Waals surface area contributed by atoms with Crippen LogP contribution in [0.5, 0.6) is 0 Å². The second-order valence-corrected chi connectivity index (χ2v) is 16.3. The molecule has 0 atom stereocenters. The number of nitrogens with zero attached hydrogens (tertiary/aromatic N) is 2. The van der Waals surface area contributed by atoms with Crippen molar-refractivity contribution in [3.63, 3.8) is 0 Å². The van der Waals surface area contributed by atoms with Gasteiger partial charge in [-0.15, -0.1) is 0 Å². The highest BCUT2D eigenvalue weighted by Gasteiger charge is 2.21. The Bertz CT molecular complexity index is 3660. The maximum atomic E-state index is 6.27. The van der Waals surface area contributed by atoms with Crippen molar-refractivity contribution in [1.29, 1.82) is 0 Å². The van der Waals surface area contributed by atoms with Gasteiger partial charge >= 0.3 is 0 Å². The third-order valence-corrected chi connectivity index (χ3v) is 12.4. The molecule has 11 aromatic carbocycles. The molecular weight excluding hydrogens is 777 g/mol. The largest absolute Gasteiger partial charge is 0.436 e. The van der Waals surface area contributed by atoms with Crippen molar-refractivity contribution in [2.45, 2.75) is 0 Å². The summed E-state index contributed by atoms with van der Waals surface area (Å²) in [6.45, 7) is 0. The fourth-order valence-electron chi connectivity index (χ4n) is 9.38. The van der Waals surface area contributed by atoms with Crippen LogP contribution in [0.2, 0.25) is 0 Å². The van der Waals surface area contributed by atoms with Crippen molar-refractivity contribution in [1.82, 2.24) is 4.98 Å². The van der Waals surface area contributed by atoms with Crippen LogP contribution in [0.15, 0.2) is 247 Å². The molecule has 3 nitrogen and oxygen atoms in total. The zero-order valence-corrected chi connectivity index (χ0v) is 34.9.